The summed E-state index contributed by atoms with van der Waals surface area (Å²) in [5.74, 6) is 0. The Kier molecular flexibility index (Phi) is 4.08. The van der Waals surface area contributed by atoms with Crippen molar-refractivity contribution in [2.75, 3.05) is 5.73 Å². The van der Waals surface area contributed by atoms with E-state index in [9.17, 15) is 8.42 Å². The second kappa shape index (κ2) is 5.31. The highest BCUT2D eigenvalue weighted by atomic mass is 35.5. The SMILES string of the molecule is CC1(NS(=O)(=O)c2c(N)cccc2Cl)CCCCC1. The molecule has 1 aromatic carbocycles. The summed E-state index contributed by atoms with van der Waals surface area (Å²) in [7, 11) is -3.69. The molecule has 0 unspecified atom stereocenters. The molecule has 2 rings (SSSR count). The Morgan fingerprint density at radius 2 is 1.89 bits per heavy atom. The van der Waals surface area contributed by atoms with Gasteiger partial charge < -0.3 is 5.73 Å². The number of benzene rings is 1. The van der Waals surface area contributed by atoms with E-state index in [4.69, 9.17) is 17.3 Å². The molecule has 0 amide bonds. The van der Waals surface area contributed by atoms with Crippen molar-refractivity contribution in [2.45, 2.75) is 49.5 Å². The molecule has 4 nitrogen and oxygen atoms in total. The zero-order valence-electron chi connectivity index (χ0n) is 10.9. The predicted octanol–water partition coefficient (Wildman–Crippen LogP) is 2.92. The average molecular weight is 303 g/mol. The first kappa shape index (κ1) is 14.6. The van der Waals surface area contributed by atoms with E-state index < -0.39 is 15.6 Å². The lowest BCUT2D eigenvalue weighted by molar-refractivity contribution is 0.294. The van der Waals surface area contributed by atoms with Gasteiger partial charge in [-0.1, -0.05) is 36.9 Å². The van der Waals surface area contributed by atoms with Crippen LogP contribution in [0.4, 0.5) is 5.69 Å². The second-order valence-corrected chi connectivity index (χ2v) is 7.41. The largest absolute Gasteiger partial charge is 0.398 e. The first-order valence-electron chi connectivity index (χ1n) is 6.42. The zero-order valence-corrected chi connectivity index (χ0v) is 12.5. The molecule has 1 aliphatic carbocycles. The van der Waals surface area contributed by atoms with Gasteiger partial charge in [0.05, 0.1) is 10.7 Å². The van der Waals surface area contributed by atoms with Crippen LogP contribution >= 0.6 is 11.6 Å². The smallest absolute Gasteiger partial charge is 0.244 e. The fraction of sp³-hybridized carbons (Fsp3) is 0.538. The summed E-state index contributed by atoms with van der Waals surface area (Å²) in [6, 6.07) is 4.72. The molecule has 0 heterocycles. The molecule has 19 heavy (non-hydrogen) atoms. The van der Waals surface area contributed by atoms with E-state index in [1.807, 2.05) is 6.92 Å². The van der Waals surface area contributed by atoms with Crippen molar-refractivity contribution in [3.63, 3.8) is 0 Å². The van der Waals surface area contributed by atoms with Gasteiger partial charge in [0.25, 0.3) is 0 Å². The minimum Gasteiger partial charge on any atom is -0.398 e. The molecule has 1 fully saturated rings. The molecule has 0 aromatic heterocycles. The van der Waals surface area contributed by atoms with E-state index in [2.05, 4.69) is 4.72 Å². The molecule has 0 radical (unpaired) electrons. The highest BCUT2D eigenvalue weighted by Gasteiger charge is 2.33. The maximum absolute atomic E-state index is 12.5. The monoisotopic (exact) mass is 302 g/mol. The summed E-state index contributed by atoms with van der Waals surface area (Å²) in [6.45, 7) is 1.94. The van der Waals surface area contributed by atoms with Gasteiger partial charge in [-0.05, 0) is 31.9 Å². The van der Waals surface area contributed by atoms with Crippen LogP contribution in [0.25, 0.3) is 0 Å². The van der Waals surface area contributed by atoms with E-state index in [-0.39, 0.29) is 15.6 Å². The van der Waals surface area contributed by atoms with Crippen LogP contribution in [0.5, 0.6) is 0 Å². The molecule has 1 saturated carbocycles. The normalized spacial score (nSPS) is 19.3. The first-order chi connectivity index (χ1) is 8.84. The first-order valence-corrected chi connectivity index (χ1v) is 8.28. The molecule has 0 bridgehead atoms. The Bertz CT molecular complexity index is 546. The van der Waals surface area contributed by atoms with Crippen LogP contribution in [-0.4, -0.2) is 14.0 Å². The standard InChI is InChI=1S/C13H19ClN2O2S/c1-13(8-3-2-4-9-13)16-19(17,18)12-10(14)6-5-7-11(12)15/h5-7,16H,2-4,8-9,15H2,1H3. The van der Waals surface area contributed by atoms with Crippen LogP contribution in [0.3, 0.4) is 0 Å². The molecule has 0 atom stereocenters. The van der Waals surface area contributed by atoms with Crippen molar-refractivity contribution in [3.05, 3.63) is 23.2 Å². The van der Waals surface area contributed by atoms with Crippen LogP contribution in [0.1, 0.15) is 39.0 Å². The number of nitrogens with two attached hydrogens (primary N) is 1. The van der Waals surface area contributed by atoms with Crippen LogP contribution < -0.4 is 10.5 Å². The fourth-order valence-corrected chi connectivity index (χ4v) is 4.76. The average Bonchev–Trinajstić information content (AvgIpc) is 2.27. The maximum atomic E-state index is 12.5. The van der Waals surface area contributed by atoms with E-state index in [1.54, 1.807) is 12.1 Å². The van der Waals surface area contributed by atoms with Gasteiger partial charge in [0.1, 0.15) is 4.90 Å². The van der Waals surface area contributed by atoms with Crippen LogP contribution in [0.15, 0.2) is 23.1 Å². The Morgan fingerprint density at radius 1 is 1.26 bits per heavy atom. The minimum absolute atomic E-state index is 0.0107. The number of halogens is 1. The zero-order chi connectivity index (χ0) is 14.1. The number of nitrogens with one attached hydrogen (secondary N) is 1. The third-order valence-electron chi connectivity index (χ3n) is 3.60. The Hall–Kier alpha value is -0.780. The number of nitrogen functional groups attached to an aromatic ring is 1. The van der Waals surface area contributed by atoms with Gasteiger partial charge in [-0.2, -0.15) is 0 Å². The summed E-state index contributed by atoms with van der Waals surface area (Å²) < 4.78 is 27.7. The molecule has 0 saturated heterocycles. The number of hydrogen-bond donors (Lipinski definition) is 2. The van der Waals surface area contributed by atoms with Crippen LogP contribution in [0, 0.1) is 0 Å². The van der Waals surface area contributed by atoms with E-state index in [0.717, 1.165) is 32.1 Å². The maximum Gasteiger partial charge on any atom is 0.244 e. The Balaban J connectivity index is 2.33. The van der Waals surface area contributed by atoms with Crippen molar-refractivity contribution < 1.29 is 8.42 Å². The molecule has 6 heteroatoms. The topological polar surface area (TPSA) is 72.2 Å². The van der Waals surface area contributed by atoms with Crippen molar-refractivity contribution >= 4 is 27.3 Å². The molecule has 3 N–H and O–H groups in total. The highest BCUT2D eigenvalue weighted by molar-refractivity contribution is 7.89. The lowest BCUT2D eigenvalue weighted by atomic mass is 9.84. The van der Waals surface area contributed by atoms with Crippen molar-refractivity contribution in [1.29, 1.82) is 0 Å². The summed E-state index contributed by atoms with van der Waals surface area (Å²) in [5.41, 5.74) is 5.53. The molecule has 1 aromatic rings. The van der Waals surface area contributed by atoms with E-state index in [0.29, 0.717) is 0 Å². The minimum atomic E-state index is -3.69. The number of rotatable bonds is 3. The van der Waals surface area contributed by atoms with Gasteiger partial charge in [-0.25, -0.2) is 13.1 Å². The fourth-order valence-electron chi connectivity index (χ4n) is 2.62. The Morgan fingerprint density at radius 3 is 2.47 bits per heavy atom. The quantitative estimate of drug-likeness (QED) is 0.843. The third kappa shape index (κ3) is 3.22. The van der Waals surface area contributed by atoms with Crippen LogP contribution in [-0.2, 0) is 10.0 Å². The number of anilines is 1. The van der Waals surface area contributed by atoms with Gasteiger partial charge >= 0.3 is 0 Å². The van der Waals surface area contributed by atoms with Crippen molar-refractivity contribution in [2.24, 2.45) is 0 Å². The summed E-state index contributed by atoms with van der Waals surface area (Å²) >= 11 is 5.98. The van der Waals surface area contributed by atoms with Crippen molar-refractivity contribution in [3.8, 4) is 0 Å². The summed E-state index contributed by atoms with van der Waals surface area (Å²) in [5, 5.41) is 0.159. The summed E-state index contributed by atoms with van der Waals surface area (Å²) in [6.07, 6.45) is 4.92. The summed E-state index contributed by atoms with van der Waals surface area (Å²) in [4.78, 5) is -0.0107. The van der Waals surface area contributed by atoms with Gasteiger partial charge in [0.15, 0.2) is 0 Å². The lowest BCUT2D eigenvalue weighted by Gasteiger charge is -2.34. The van der Waals surface area contributed by atoms with E-state index >= 15 is 0 Å². The predicted molar refractivity (Wildman–Crippen MR) is 77.7 cm³/mol. The Labute approximate surface area is 119 Å². The molecule has 0 spiro atoms. The lowest BCUT2D eigenvalue weighted by Crippen LogP contribution is -2.47. The molecule has 1 aliphatic rings. The van der Waals surface area contributed by atoms with E-state index in [1.165, 1.54) is 6.07 Å². The number of sulfonamides is 1. The van der Waals surface area contributed by atoms with Gasteiger partial charge in [0.2, 0.25) is 10.0 Å². The molecule has 106 valence electrons. The molecular weight excluding hydrogens is 284 g/mol. The van der Waals surface area contributed by atoms with Gasteiger partial charge in [0, 0.05) is 5.54 Å². The third-order valence-corrected chi connectivity index (χ3v) is 5.79. The van der Waals surface area contributed by atoms with Crippen molar-refractivity contribution in [1.82, 2.24) is 4.72 Å². The van der Waals surface area contributed by atoms with Crippen LogP contribution in [0.2, 0.25) is 5.02 Å². The highest BCUT2D eigenvalue weighted by Crippen LogP contribution is 2.32. The van der Waals surface area contributed by atoms with Gasteiger partial charge in [-0.15, -0.1) is 0 Å². The van der Waals surface area contributed by atoms with Gasteiger partial charge in [-0.3, -0.25) is 0 Å². The molecular formula is C13H19ClN2O2S. The number of hydrogen-bond acceptors (Lipinski definition) is 3. The molecule has 0 aliphatic heterocycles. The second-order valence-electron chi connectivity index (χ2n) is 5.39.